The number of imidazole rings is 1. The van der Waals surface area contributed by atoms with Gasteiger partial charge in [-0.05, 0) is 52.0 Å². The molecule has 3 aromatic heterocycles. The van der Waals surface area contributed by atoms with Crippen molar-refractivity contribution in [1.29, 1.82) is 0 Å². The Morgan fingerprint density at radius 1 is 0.764 bits per heavy atom. The van der Waals surface area contributed by atoms with Gasteiger partial charge in [-0.15, -0.1) is 53.6 Å². The molecule has 0 aliphatic rings. The zero-order chi connectivity index (χ0) is 38.4. The summed E-state index contributed by atoms with van der Waals surface area (Å²) in [6.07, 6.45) is 2.11. The standard InChI is InChI=1S/C29H23N2O.C20H28NSi.Ir/c1-29(2,3)22-14-5-7-16-24(22)31-25-17-8-6-15-23(25)30-28(31)21-13-10-12-20-19-11-4-9-18-26(19)32-27(20)21;1-14(2)16-8-10-17(11-9-16)19-12-18(15(3)4)20(13-21-19)22(5,6)7;/h4-12,14-18H,1-3H3;8-10,12-15H,1-7H3;/q2*-1;. The Morgan fingerprint density at radius 3 is 2.16 bits per heavy atom. The van der Waals surface area contributed by atoms with Crippen molar-refractivity contribution < 1.29 is 24.5 Å². The molecule has 0 fully saturated rings. The molecule has 0 spiro atoms. The summed E-state index contributed by atoms with van der Waals surface area (Å²) in [5.74, 6) is 1.91. The topological polar surface area (TPSA) is 43.9 Å². The van der Waals surface area contributed by atoms with E-state index in [-0.39, 0.29) is 25.5 Å². The summed E-state index contributed by atoms with van der Waals surface area (Å²) in [6, 6.07) is 44.6. The van der Waals surface area contributed by atoms with Crippen LogP contribution >= 0.6 is 0 Å². The zero-order valence-corrected chi connectivity index (χ0v) is 37.1. The maximum atomic E-state index is 6.34. The zero-order valence-electron chi connectivity index (χ0n) is 33.7. The predicted molar refractivity (Wildman–Crippen MR) is 231 cm³/mol. The first-order chi connectivity index (χ1) is 25.7. The normalized spacial score (nSPS) is 12.0. The molecule has 4 nitrogen and oxygen atoms in total. The molecule has 5 aromatic carbocycles. The van der Waals surface area contributed by atoms with Crippen molar-refractivity contribution in [1.82, 2.24) is 14.5 Å². The summed E-state index contributed by atoms with van der Waals surface area (Å²) in [7, 11) is -1.36. The first-order valence-electron chi connectivity index (χ1n) is 19.1. The van der Waals surface area contributed by atoms with E-state index >= 15 is 0 Å². The molecule has 8 aromatic rings. The van der Waals surface area contributed by atoms with E-state index in [1.54, 1.807) is 0 Å². The molecule has 0 saturated heterocycles. The molecule has 0 atom stereocenters. The molecule has 283 valence electrons. The molecule has 0 unspecified atom stereocenters. The largest absolute Gasteiger partial charge is 0.501 e. The van der Waals surface area contributed by atoms with Crippen LogP contribution in [0.5, 0.6) is 0 Å². The Hall–Kier alpha value is -4.61. The fourth-order valence-corrected chi connectivity index (χ4v) is 8.95. The smallest absolute Gasteiger partial charge is 0.120 e. The number of furan rings is 1. The number of hydrogen-bond donors (Lipinski definition) is 0. The van der Waals surface area contributed by atoms with Crippen molar-refractivity contribution in [3.05, 3.63) is 144 Å². The molecule has 6 heteroatoms. The van der Waals surface area contributed by atoms with Crippen LogP contribution in [-0.2, 0) is 25.5 Å². The van der Waals surface area contributed by atoms with Crippen LogP contribution in [0.4, 0.5) is 0 Å². The second-order valence-corrected chi connectivity index (χ2v) is 22.0. The number of nitrogens with zero attached hydrogens (tertiary/aromatic N) is 3. The minimum atomic E-state index is -1.36. The predicted octanol–water partition coefficient (Wildman–Crippen LogP) is 13.0. The summed E-state index contributed by atoms with van der Waals surface area (Å²) in [6.45, 7) is 22.9. The molecule has 0 saturated carbocycles. The van der Waals surface area contributed by atoms with Crippen LogP contribution in [0, 0.1) is 12.1 Å². The number of fused-ring (bicyclic) bond motifs is 4. The van der Waals surface area contributed by atoms with Crippen LogP contribution in [0.15, 0.2) is 120 Å². The van der Waals surface area contributed by atoms with E-state index in [0.29, 0.717) is 11.8 Å². The average molecular weight is 918 g/mol. The summed E-state index contributed by atoms with van der Waals surface area (Å²) in [5, 5.41) is 3.66. The molecule has 3 heterocycles. The second kappa shape index (κ2) is 15.9. The van der Waals surface area contributed by atoms with Gasteiger partial charge in [0.25, 0.3) is 0 Å². The number of rotatable bonds is 6. The molecule has 8 rings (SSSR count). The van der Waals surface area contributed by atoms with Gasteiger partial charge in [0.15, 0.2) is 0 Å². The average Bonchev–Trinajstić information content (AvgIpc) is 3.73. The fourth-order valence-electron chi connectivity index (χ4n) is 7.27. The molecular weight excluding hydrogens is 867 g/mol. The summed E-state index contributed by atoms with van der Waals surface area (Å²) >= 11 is 0. The molecule has 0 aliphatic carbocycles. The second-order valence-electron chi connectivity index (χ2n) is 17.0. The first-order valence-corrected chi connectivity index (χ1v) is 22.6. The Bertz CT molecular complexity index is 2580. The third kappa shape index (κ3) is 8.05. The SMILES string of the molecule is CC(C)(C)c1ccccc1-n1c(-c2[c-]ccc3c2oc2ccccc23)nc2ccccc21.CC(C)c1c[c-]c(-c2cc(C(C)C)c([Si](C)(C)C)cn2)cc1.[Ir]. The van der Waals surface area contributed by atoms with E-state index in [2.05, 4.69) is 170 Å². The van der Waals surface area contributed by atoms with Gasteiger partial charge >= 0.3 is 0 Å². The number of aromatic nitrogens is 3. The van der Waals surface area contributed by atoms with Crippen LogP contribution in [0.2, 0.25) is 19.6 Å². The first kappa shape index (κ1) is 40.1. The van der Waals surface area contributed by atoms with Crippen LogP contribution in [-0.4, -0.2) is 22.6 Å². The van der Waals surface area contributed by atoms with Gasteiger partial charge in [-0.1, -0.05) is 145 Å². The van der Waals surface area contributed by atoms with Gasteiger partial charge in [0, 0.05) is 37.4 Å². The van der Waals surface area contributed by atoms with Crippen molar-refractivity contribution in [2.24, 2.45) is 0 Å². The molecule has 1 radical (unpaired) electrons. The van der Waals surface area contributed by atoms with Crippen LogP contribution < -0.4 is 5.19 Å². The van der Waals surface area contributed by atoms with Gasteiger partial charge < -0.3 is 14.0 Å². The fraction of sp³-hybridized carbons (Fsp3) is 0.265. The van der Waals surface area contributed by atoms with E-state index in [4.69, 9.17) is 14.4 Å². The third-order valence-corrected chi connectivity index (χ3v) is 12.3. The van der Waals surface area contributed by atoms with E-state index in [1.165, 1.54) is 21.9 Å². The molecule has 55 heavy (non-hydrogen) atoms. The van der Waals surface area contributed by atoms with Gasteiger partial charge in [-0.3, -0.25) is 4.98 Å². The van der Waals surface area contributed by atoms with E-state index in [1.807, 2.05) is 30.3 Å². The molecule has 0 bridgehead atoms. The quantitative estimate of drug-likeness (QED) is 0.123. The molecule has 0 aliphatic heterocycles. The van der Waals surface area contributed by atoms with E-state index in [0.717, 1.165) is 61.3 Å². The number of pyridine rings is 1. The van der Waals surface area contributed by atoms with Gasteiger partial charge in [0.2, 0.25) is 0 Å². The Balaban J connectivity index is 0.000000198. The maximum Gasteiger partial charge on any atom is 0.120 e. The molecule has 0 amide bonds. The monoisotopic (exact) mass is 918 g/mol. The van der Waals surface area contributed by atoms with E-state index < -0.39 is 8.07 Å². The molecular formula is C49H51IrN3OSi-2. The molecule has 0 N–H and O–H groups in total. The van der Waals surface area contributed by atoms with Crippen molar-refractivity contribution in [3.8, 4) is 28.3 Å². The Kier molecular flexibility index (Phi) is 11.6. The minimum absolute atomic E-state index is 0. The van der Waals surface area contributed by atoms with E-state index in [9.17, 15) is 0 Å². The Labute approximate surface area is 341 Å². The van der Waals surface area contributed by atoms with Crippen LogP contribution in [0.1, 0.15) is 77.0 Å². The van der Waals surface area contributed by atoms with Crippen LogP contribution in [0.3, 0.4) is 0 Å². The maximum absolute atomic E-state index is 6.34. The summed E-state index contributed by atoms with van der Waals surface area (Å²) in [5.41, 5.74) is 11.9. The van der Waals surface area contributed by atoms with Gasteiger partial charge in [0.05, 0.1) is 30.5 Å². The Morgan fingerprint density at radius 2 is 1.47 bits per heavy atom. The number of para-hydroxylation sites is 4. The number of benzene rings is 5. The van der Waals surface area contributed by atoms with Gasteiger partial charge in [-0.25, -0.2) is 0 Å². The number of hydrogen-bond acceptors (Lipinski definition) is 3. The van der Waals surface area contributed by atoms with Crippen LogP contribution in [0.25, 0.3) is 61.3 Å². The van der Waals surface area contributed by atoms with Crippen molar-refractivity contribution in [2.75, 3.05) is 0 Å². The van der Waals surface area contributed by atoms with Crippen molar-refractivity contribution in [2.45, 2.75) is 85.4 Å². The third-order valence-electron chi connectivity index (χ3n) is 10.2. The van der Waals surface area contributed by atoms with Gasteiger partial charge in [-0.2, -0.15) is 0 Å². The summed E-state index contributed by atoms with van der Waals surface area (Å²) < 4.78 is 8.60. The van der Waals surface area contributed by atoms with Gasteiger partial charge in [0.1, 0.15) is 5.58 Å². The summed E-state index contributed by atoms with van der Waals surface area (Å²) in [4.78, 5) is 9.81. The van der Waals surface area contributed by atoms with Crippen molar-refractivity contribution in [3.63, 3.8) is 0 Å². The minimum Gasteiger partial charge on any atom is -0.501 e. The van der Waals surface area contributed by atoms with Crippen molar-refractivity contribution >= 4 is 46.2 Å².